The first-order valence-corrected chi connectivity index (χ1v) is 7.80. The number of esters is 1. The SMILES string of the molecule is COCCN(CC(=O)OC)C(=O)c1sc2ccccc2c1Cl. The molecule has 22 heavy (non-hydrogen) atoms. The third-order valence-electron chi connectivity index (χ3n) is 3.13. The molecule has 1 aromatic heterocycles. The van der Waals surface area contributed by atoms with E-state index in [-0.39, 0.29) is 19.0 Å². The molecule has 0 aliphatic heterocycles. The third kappa shape index (κ3) is 3.58. The molecule has 0 radical (unpaired) electrons. The number of hydrogen-bond acceptors (Lipinski definition) is 5. The lowest BCUT2D eigenvalue weighted by Crippen LogP contribution is -2.38. The van der Waals surface area contributed by atoms with E-state index in [1.54, 1.807) is 0 Å². The van der Waals surface area contributed by atoms with Crippen molar-refractivity contribution >= 4 is 44.9 Å². The van der Waals surface area contributed by atoms with Crippen LogP contribution in [0.3, 0.4) is 0 Å². The summed E-state index contributed by atoms with van der Waals surface area (Å²) in [5.74, 6) is -0.782. The van der Waals surface area contributed by atoms with Crippen molar-refractivity contribution in [1.82, 2.24) is 4.90 Å². The van der Waals surface area contributed by atoms with Gasteiger partial charge in [0.2, 0.25) is 0 Å². The Morgan fingerprint density at radius 3 is 2.64 bits per heavy atom. The number of methoxy groups -OCH3 is 2. The van der Waals surface area contributed by atoms with Gasteiger partial charge in [0, 0.05) is 23.7 Å². The quantitative estimate of drug-likeness (QED) is 0.758. The van der Waals surface area contributed by atoms with E-state index < -0.39 is 5.97 Å². The Morgan fingerprint density at radius 2 is 2.00 bits per heavy atom. The second-order valence-corrected chi connectivity index (χ2v) is 5.97. The maximum atomic E-state index is 12.7. The first kappa shape index (κ1) is 16.7. The van der Waals surface area contributed by atoms with Gasteiger partial charge in [0.25, 0.3) is 5.91 Å². The summed E-state index contributed by atoms with van der Waals surface area (Å²) in [6.07, 6.45) is 0. The van der Waals surface area contributed by atoms with Crippen molar-refractivity contribution in [3.63, 3.8) is 0 Å². The molecular formula is C15H16ClNO4S. The number of amides is 1. The Bertz CT molecular complexity index is 685. The highest BCUT2D eigenvalue weighted by atomic mass is 35.5. The van der Waals surface area contributed by atoms with Gasteiger partial charge < -0.3 is 14.4 Å². The topological polar surface area (TPSA) is 55.8 Å². The van der Waals surface area contributed by atoms with Crippen LogP contribution in [0.2, 0.25) is 5.02 Å². The van der Waals surface area contributed by atoms with Crippen LogP contribution in [0.25, 0.3) is 10.1 Å². The minimum atomic E-state index is -0.485. The van der Waals surface area contributed by atoms with E-state index in [0.29, 0.717) is 16.5 Å². The summed E-state index contributed by atoms with van der Waals surface area (Å²) in [5.41, 5.74) is 0. The van der Waals surface area contributed by atoms with Gasteiger partial charge in [-0.25, -0.2) is 0 Å². The van der Waals surface area contributed by atoms with Crippen LogP contribution in [0.4, 0.5) is 0 Å². The lowest BCUT2D eigenvalue weighted by Gasteiger charge is -2.20. The number of thiophene rings is 1. The van der Waals surface area contributed by atoms with Gasteiger partial charge in [0.1, 0.15) is 11.4 Å². The maximum absolute atomic E-state index is 12.7. The fourth-order valence-corrected chi connectivity index (χ4v) is 3.45. The van der Waals surface area contributed by atoms with Gasteiger partial charge >= 0.3 is 5.97 Å². The van der Waals surface area contributed by atoms with Crippen LogP contribution in [0.5, 0.6) is 0 Å². The average molecular weight is 342 g/mol. The molecule has 0 unspecified atom stereocenters. The third-order valence-corrected chi connectivity index (χ3v) is 4.79. The van der Waals surface area contributed by atoms with Gasteiger partial charge in [-0.2, -0.15) is 0 Å². The summed E-state index contributed by atoms with van der Waals surface area (Å²) in [7, 11) is 2.82. The highest BCUT2D eigenvalue weighted by Crippen LogP contribution is 2.35. The van der Waals surface area contributed by atoms with E-state index in [2.05, 4.69) is 4.74 Å². The van der Waals surface area contributed by atoms with Gasteiger partial charge in [-0.1, -0.05) is 29.8 Å². The Morgan fingerprint density at radius 1 is 1.27 bits per heavy atom. The van der Waals surface area contributed by atoms with Crippen molar-refractivity contribution in [3.8, 4) is 0 Å². The second kappa shape index (κ2) is 7.58. The predicted octanol–water partition coefficient (Wildman–Crippen LogP) is 2.82. The van der Waals surface area contributed by atoms with Crippen LogP contribution < -0.4 is 0 Å². The Kier molecular flexibility index (Phi) is 5.76. The van der Waals surface area contributed by atoms with E-state index >= 15 is 0 Å². The van der Waals surface area contributed by atoms with E-state index in [1.807, 2.05) is 24.3 Å². The summed E-state index contributed by atoms with van der Waals surface area (Å²) in [6, 6.07) is 7.53. The first-order chi connectivity index (χ1) is 10.6. The average Bonchev–Trinajstić information content (AvgIpc) is 2.88. The van der Waals surface area contributed by atoms with Crippen molar-refractivity contribution in [1.29, 1.82) is 0 Å². The number of benzene rings is 1. The molecule has 0 saturated heterocycles. The van der Waals surface area contributed by atoms with E-state index in [0.717, 1.165) is 10.1 Å². The van der Waals surface area contributed by atoms with Crippen molar-refractivity contribution in [2.24, 2.45) is 0 Å². The van der Waals surface area contributed by atoms with E-state index in [9.17, 15) is 9.59 Å². The molecule has 7 heteroatoms. The first-order valence-electron chi connectivity index (χ1n) is 6.60. The standard InChI is InChI=1S/C15H16ClNO4S/c1-20-8-7-17(9-12(18)21-2)15(19)14-13(16)10-5-3-4-6-11(10)22-14/h3-6H,7-9H2,1-2H3. The molecule has 0 atom stereocenters. The van der Waals surface area contributed by atoms with Gasteiger partial charge in [0.15, 0.2) is 0 Å². The van der Waals surface area contributed by atoms with Crippen molar-refractivity contribution in [2.45, 2.75) is 0 Å². The maximum Gasteiger partial charge on any atom is 0.325 e. The van der Waals surface area contributed by atoms with Gasteiger partial charge in [-0.3, -0.25) is 9.59 Å². The summed E-state index contributed by atoms with van der Waals surface area (Å²) >= 11 is 7.63. The zero-order chi connectivity index (χ0) is 16.1. The summed E-state index contributed by atoms with van der Waals surface area (Å²) in [5, 5.41) is 1.25. The van der Waals surface area contributed by atoms with Crippen molar-refractivity contribution in [3.05, 3.63) is 34.2 Å². The molecule has 1 aromatic carbocycles. The number of halogens is 1. The summed E-state index contributed by atoms with van der Waals surface area (Å²) < 4.78 is 10.6. The van der Waals surface area contributed by atoms with E-state index in [4.69, 9.17) is 16.3 Å². The molecule has 5 nitrogen and oxygen atoms in total. The van der Waals surface area contributed by atoms with Gasteiger partial charge in [-0.15, -0.1) is 11.3 Å². The number of carbonyl (C=O) groups excluding carboxylic acids is 2. The van der Waals surface area contributed by atoms with Crippen LogP contribution in [-0.2, 0) is 14.3 Å². The fraction of sp³-hybridized carbons (Fsp3) is 0.333. The second-order valence-electron chi connectivity index (χ2n) is 4.54. The summed E-state index contributed by atoms with van der Waals surface area (Å²) in [4.78, 5) is 26.0. The molecule has 0 bridgehead atoms. The van der Waals surface area contributed by atoms with Gasteiger partial charge in [0.05, 0.1) is 18.7 Å². The van der Waals surface area contributed by atoms with Crippen LogP contribution >= 0.6 is 22.9 Å². The molecule has 1 amide bonds. The number of hydrogen-bond donors (Lipinski definition) is 0. The normalized spacial score (nSPS) is 10.7. The lowest BCUT2D eigenvalue weighted by atomic mass is 10.2. The molecule has 0 fully saturated rings. The Hall–Kier alpha value is -1.63. The molecule has 2 aromatic rings. The van der Waals surface area contributed by atoms with E-state index in [1.165, 1.54) is 30.5 Å². The number of rotatable bonds is 6. The predicted molar refractivity (Wildman–Crippen MR) is 86.6 cm³/mol. The van der Waals surface area contributed by atoms with Crippen LogP contribution in [-0.4, -0.2) is 50.7 Å². The summed E-state index contributed by atoms with van der Waals surface area (Å²) in [6.45, 7) is 0.476. The van der Waals surface area contributed by atoms with Gasteiger partial charge in [-0.05, 0) is 6.07 Å². The molecule has 0 saturated carbocycles. The molecule has 1 heterocycles. The molecule has 0 aliphatic carbocycles. The highest BCUT2D eigenvalue weighted by molar-refractivity contribution is 7.21. The number of fused-ring (bicyclic) bond motifs is 1. The van der Waals surface area contributed by atoms with Crippen molar-refractivity contribution in [2.75, 3.05) is 33.9 Å². The fourth-order valence-electron chi connectivity index (χ4n) is 1.97. The zero-order valence-corrected chi connectivity index (χ0v) is 13.9. The lowest BCUT2D eigenvalue weighted by molar-refractivity contribution is -0.141. The molecule has 0 aliphatic rings. The molecule has 0 spiro atoms. The Labute approximate surface area is 137 Å². The number of nitrogens with zero attached hydrogens (tertiary/aromatic N) is 1. The smallest absolute Gasteiger partial charge is 0.325 e. The van der Waals surface area contributed by atoms with Crippen molar-refractivity contribution < 1.29 is 19.1 Å². The molecule has 118 valence electrons. The zero-order valence-electron chi connectivity index (χ0n) is 12.3. The van der Waals surface area contributed by atoms with Crippen LogP contribution in [0, 0.1) is 0 Å². The highest BCUT2D eigenvalue weighted by Gasteiger charge is 2.24. The molecule has 0 N–H and O–H groups in total. The largest absolute Gasteiger partial charge is 0.468 e. The monoisotopic (exact) mass is 341 g/mol. The number of ether oxygens (including phenoxy) is 2. The molecular weight excluding hydrogens is 326 g/mol. The Balaban J connectivity index is 2.31. The number of carbonyl (C=O) groups is 2. The van der Waals surface area contributed by atoms with Crippen LogP contribution in [0.15, 0.2) is 24.3 Å². The minimum absolute atomic E-state index is 0.136. The minimum Gasteiger partial charge on any atom is -0.468 e. The molecule has 2 rings (SSSR count). The van der Waals surface area contributed by atoms with Crippen LogP contribution in [0.1, 0.15) is 9.67 Å².